The quantitative estimate of drug-likeness (QED) is 0.349. The van der Waals surface area contributed by atoms with Crippen molar-refractivity contribution in [1.82, 2.24) is 9.97 Å². The zero-order valence-electron chi connectivity index (χ0n) is 10.2. The van der Waals surface area contributed by atoms with E-state index in [2.05, 4.69) is 28.1 Å². The smallest absolute Gasteiger partial charge is 0.219 e. The first kappa shape index (κ1) is 13.7. The second-order valence-electron chi connectivity index (χ2n) is 3.31. The van der Waals surface area contributed by atoms with Crippen LogP contribution in [0.2, 0.25) is 0 Å². The highest BCUT2D eigenvalue weighted by Gasteiger charge is 2.04. The molecule has 0 aliphatic heterocycles. The van der Waals surface area contributed by atoms with E-state index in [1.807, 2.05) is 6.26 Å². The molecule has 1 heterocycles. The Morgan fingerprint density at radius 1 is 1.53 bits per heavy atom. The van der Waals surface area contributed by atoms with Gasteiger partial charge in [0.1, 0.15) is 12.4 Å². The van der Waals surface area contributed by atoms with Crippen LogP contribution in [0.4, 0.5) is 5.82 Å². The van der Waals surface area contributed by atoms with Crippen LogP contribution in [0.5, 0.6) is 5.88 Å². The fraction of sp³-hybridized carbons (Fsp3) is 0.500. The maximum absolute atomic E-state index is 5.46. The molecule has 92 valence electrons. The van der Waals surface area contributed by atoms with E-state index in [9.17, 15) is 0 Å². The number of nitrogens with zero attached hydrogens (tertiary/aromatic N) is 2. The van der Waals surface area contributed by atoms with Crippen molar-refractivity contribution < 1.29 is 4.74 Å². The van der Waals surface area contributed by atoms with Crippen LogP contribution in [0, 0.1) is 12.3 Å². The Labute approximate surface area is 107 Å². The molecule has 0 fully saturated rings. The highest BCUT2D eigenvalue weighted by atomic mass is 32.2. The number of hydrogen-bond donors (Lipinski definition) is 1. The maximum atomic E-state index is 5.46. The molecule has 1 aromatic heterocycles. The van der Waals surface area contributed by atoms with E-state index >= 15 is 0 Å². The molecular formula is C12H17N3OS. The average Bonchev–Trinajstić information content (AvgIpc) is 2.36. The summed E-state index contributed by atoms with van der Waals surface area (Å²) in [6.45, 7) is 3.47. The highest BCUT2D eigenvalue weighted by molar-refractivity contribution is 7.98. The minimum atomic E-state index is 0.481. The van der Waals surface area contributed by atoms with Crippen molar-refractivity contribution >= 4 is 17.6 Å². The summed E-state index contributed by atoms with van der Waals surface area (Å²) in [7, 11) is 0. The van der Waals surface area contributed by atoms with Gasteiger partial charge in [-0.2, -0.15) is 4.98 Å². The van der Waals surface area contributed by atoms with Crippen LogP contribution < -0.4 is 10.1 Å². The van der Waals surface area contributed by atoms with Crippen LogP contribution in [0.1, 0.15) is 19.8 Å². The third kappa shape index (κ3) is 4.96. The average molecular weight is 251 g/mol. The van der Waals surface area contributed by atoms with Crippen molar-refractivity contribution in [3.63, 3.8) is 0 Å². The molecular weight excluding hydrogens is 234 g/mol. The summed E-state index contributed by atoms with van der Waals surface area (Å²) in [5.41, 5.74) is 0. The van der Waals surface area contributed by atoms with Crippen molar-refractivity contribution in [3.05, 3.63) is 6.07 Å². The molecule has 0 aliphatic rings. The number of aromatic nitrogens is 2. The molecule has 0 atom stereocenters. The zero-order valence-corrected chi connectivity index (χ0v) is 11.0. The van der Waals surface area contributed by atoms with Crippen molar-refractivity contribution in [2.45, 2.75) is 24.9 Å². The Bertz CT molecular complexity index is 390. The van der Waals surface area contributed by atoms with Gasteiger partial charge in [0.2, 0.25) is 5.88 Å². The molecule has 4 nitrogen and oxygen atoms in total. The fourth-order valence-electron chi connectivity index (χ4n) is 1.13. The monoisotopic (exact) mass is 251 g/mol. The SMILES string of the molecule is C#CCCOc1cc(NCCC)nc(SC)n1. The normalized spacial score (nSPS) is 9.71. The molecule has 1 N–H and O–H groups in total. The summed E-state index contributed by atoms with van der Waals surface area (Å²) in [5, 5.41) is 3.91. The predicted molar refractivity (Wildman–Crippen MR) is 71.5 cm³/mol. The van der Waals surface area contributed by atoms with Gasteiger partial charge in [-0.25, -0.2) is 4.98 Å². The first-order chi connectivity index (χ1) is 8.30. The van der Waals surface area contributed by atoms with E-state index in [4.69, 9.17) is 11.2 Å². The molecule has 0 bridgehead atoms. The number of ether oxygens (including phenoxy) is 1. The van der Waals surface area contributed by atoms with Crippen molar-refractivity contribution in [1.29, 1.82) is 0 Å². The lowest BCUT2D eigenvalue weighted by Gasteiger charge is -2.08. The highest BCUT2D eigenvalue weighted by Crippen LogP contribution is 2.18. The molecule has 5 heteroatoms. The van der Waals surface area contributed by atoms with Gasteiger partial charge in [0.25, 0.3) is 0 Å². The summed E-state index contributed by atoms with van der Waals surface area (Å²) in [5.74, 6) is 3.89. The molecule has 17 heavy (non-hydrogen) atoms. The molecule has 0 unspecified atom stereocenters. The van der Waals surface area contributed by atoms with Gasteiger partial charge in [0.05, 0.1) is 0 Å². The number of hydrogen-bond acceptors (Lipinski definition) is 5. The molecule has 0 spiro atoms. The first-order valence-corrected chi connectivity index (χ1v) is 6.75. The van der Waals surface area contributed by atoms with Gasteiger partial charge in [-0.3, -0.25) is 0 Å². The van der Waals surface area contributed by atoms with Gasteiger partial charge in [-0.05, 0) is 12.7 Å². The van der Waals surface area contributed by atoms with Gasteiger partial charge in [0, 0.05) is 19.0 Å². The summed E-state index contributed by atoms with van der Waals surface area (Å²) < 4.78 is 5.46. The first-order valence-electron chi connectivity index (χ1n) is 5.53. The number of terminal acetylenes is 1. The van der Waals surface area contributed by atoms with E-state index in [0.717, 1.165) is 18.8 Å². The van der Waals surface area contributed by atoms with E-state index in [-0.39, 0.29) is 0 Å². The summed E-state index contributed by atoms with van der Waals surface area (Å²) in [6.07, 6.45) is 8.73. The van der Waals surface area contributed by atoms with Crippen molar-refractivity contribution in [2.24, 2.45) is 0 Å². The van der Waals surface area contributed by atoms with Gasteiger partial charge < -0.3 is 10.1 Å². The minimum Gasteiger partial charge on any atom is -0.476 e. The summed E-state index contributed by atoms with van der Waals surface area (Å²) >= 11 is 1.49. The van der Waals surface area contributed by atoms with Crippen LogP contribution in [0.25, 0.3) is 0 Å². The second kappa shape index (κ2) is 7.80. The second-order valence-corrected chi connectivity index (χ2v) is 4.08. The lowest BCUT2D eigenvalue weighted by molar-refractivity contribution is 0.311. The third-order valence-corrected chi connectivity index (χ3v) is 2.46. The van der Waals surface area contributed by atoms with Crippen LogP contribution in [0.15, 0.2) is 11.2 Å². The van der Waals surface area contributed by atoms with Crippen LogP contribution >= 0.6 is 11.8 Å². The fourth-order valence-corrected chi connectivity index (χ4v) is 1.50. The van der Waals surface area contributed by atoms with Gasteiger partial charge in [-0.15, -0.1) is 12.3 Å². The van der Waals surface area contributed by atoms with Crippen molar-refractivity contribution in [3.8, 4) is 18.2 Å². The Morgan fingerprint density at radius 3 is 3.00 bits per heavy atom. The van der Waals surface area contributed by atoms with Crippen molar-refractivity contribution in [2.75, 3.05) is 24.7 Å². The topological polar surface area (TPSA) is 47.0 Å². The Balaban J connectivity index is 2.71. The van der Waals surface area contributed by atoms with E-state index in [1.165, 1.54) is 11.8 Å². The molecule has 0 saturated carbocycles. The number of nitrogens with one attached hydrogen (secondary N) is 1. The molecule has 1 aromatic rings. The van der Waals surface area contributed by atoms with E-state index in [0.29, 0.717) is 24.1 Å². The Morgan fingerprint density at radius 2 is 2.35 bits per heavy atom. The van der Waals surface area contributed by atoms with Gasteiger partial charge in [0.15, 0.2) is 5.16 Å². The van der Waals surface area contributed by atoms with Gasteiger partial charge in [-0.1, -0.05) is 18.7 Å². The zero-order chi connectivity index (χ0) is 12.5. The molecule has 0 saturated heterocycles. The lowest BCUT2D eigenvalue weighted by atomic mass is 10.4. The summed E-state index contributed by atoms with van der Waals surface area (Å²) in [6, 6.07) is 1.80. The van der Waals surface area contributed by atoms with Crippen LogP contribution in [-0.2, 0) is 0 Å². The Hall–Kier alpha value is -1.41. The maximum Gasteiger partial charge on any atom is 0.219 e. The number of anilines is 1. The predicted octanol–water partition coefficient (Wildman–Crippen LogP) is 2.42. The third-order valence-electron chi connectivity index (χ3n) is 1.92. The van der Waals surface area contributed by atoms with E-state index in [1.54, 1.807) is 6.07 Å². The van der Waals surface area contributed by atoms with Crippen LogP contribution in [0.3, 0.4) is 0 Å². The van der Waals surface area contributed by atoms with Gasteiger partial charge >= 0.3 is 0 Å². The standard InChI is InChI=1S/C12H17N3OS/c1-4-6-8-16-11-9-10(13-7-5-2)14-12(15-11)17-3/h1,9H,5-8H2,2-3H3,(H,13,14,15). The van der Waals surface area contributed by atoms with Crippen LogP contribution in [-0.4, -0.2) is 29.4 Å². The Kier molecular flexibility index (Phi) is 6.26. The molecule has 0 radical (unpaired) electrons. The number of rotatable bonds is 7. The molecule has 0 amide bonds. The number of thioether (sulfide) groups is 1. The lowest BCUT2D eigenvalue weighted by Crippen LogP contribution is -2.05. The van der Waals surface area contributed by atoms with E-state index < -0.39 is 0 Å². The molecule has 0 aromatic carbocycles. The molecule has 1 rings (SSSR count). The summed E-state index contributed by atoms with van der Waals surface area (Å²) in [4.78, 5) is 8.59. The molecule has 0 aliphatic carbocycles. The minimum absolute atomic E-state index is 0.481. The largest absolute Gasteiger partial charge is 0.476 e.